The summed E-state index contributed by atoms with van der Waals surface area (Å²) < 4.78 is 0. The van der Waals surface area contributed by atoms with Crippen LogP contribution in [0.25, 0.3) is 0 Å². The van der Waals surface area contributed by atoms with Crippen molar-refractivity contribution in [3.8, 4) is 0 Å². The molecule has 1 aliphatic rings. The molecule has 1 rings (SSSR count). The van der Waals surface area contributed by atoms with E-state index < -0.39 is 0 Å². The van der Waals surface area contributed by atoms with E-state index in [9.17, 15) is 0 Å². The van der Waals surface area contributed by atoms with Gasteiger partial charge in [-0.1, -0.05) is 54.1 Å². The summed E-state index contributed by atoms with van der Waals surface area (Å²) in [7, 11) is 0. The summed E-state index contributed by atoms with van der Waals surface area (Å²) in [6.07, 6.45) is 9.86. The average Bonchev–Trinajstić information content (AvgIpc) is 2.01. The molecule has 0 radical (unpaired) electrons. The second-order valence-electron chi connectivity index (χ2n) is 3.89. The van der Waals surface area contributed by atoms with E-state index in [1.807, 2.05) is 0 Å². The Morgan fingerprint density at radius 2 is 2.08 bits per heavy atom. The molecule has 0 nitrogen and oxygen atoms in total. The van der Waals surface area contributed by atoms with Gasteiger partial charge in [0.2, 0.25) is 0 Å². The predicted octanol–water partition coefficient (Wildman–Crippen LogP) is 4.65. The lowest BCUT2D eigenvalue weighted by Crippen LogP contribution is -2.13. The van der Waals surface area contributed by atoms with E-state index in [0.29, 0.717) is 0 Å². The molecule has 1 saturated carbocycles. The number of hydrogen-bond acceptors (Lipinski definition) is 0. The minimum atomic E-state index is 1.02. The summed E-state index contributed by atoms with van der Waals surface area (Å²) in [6.45, 7) is 2.27. The normalized spacial score (nSPS) is 22.2. The van der Waals surface area contributed by atoms with Crippen molar-refractivity contribution in [2.45, 2.75) is 51.9 Å². The predicted molar refractivity (Wildman–Crippen MR) is 58.5 cm³/mol. The molecule has 0 amide bonds. The number of rotatable bonds is 5. The lowest BCUT2D eigenvalue weighted by molar-refractivity contribution is 0.372. The van der Waals surface area contributed by atoms with Crippen LogP contribution in [0.3, 0.4) is 0 Å². The second kappa shape index (κ2) is 5.80. The quantitative estimate of drug-likeness (QED) is 0.604. The lowest BCUT2D eigenvalue weighted by Gasteiger charge is -2.28. The van der Waals surface area contributed by atoms with Crippen LogP contribution in [0.1, 0.15) is 51.9 Å². The van der Waals surface area contributed by atoms with Gasteiger partial charge in [0.15, 0.2) is 0 Å². The fraction of sp³-hybridized carbons (Fsp3) is 0.818. The molecule has 0 aromatic carbocycles. The molecule has 0 aromatic heterocycles. The van der Waals surface area contributed by atoms with Crippen LogP contribution in [-0.4, -0.2) is 0 Å². The minimum Gasteiger partial charge on any atom is -0.0654 e. The topological polar surface area (TPSA) is 0 Å². The molecule has 0 aliphatic heterocycles. The van der Waals surface area contributed by atoms with Gasteiger partial charge in [-0.15, -0.1) is 0 Å². The van der Waals surface area contributed by atoms with Crippen LogP contribution in [0.5, 0.6) is 0 Å². The van der Waals surface area contributed by atoms with Gasteiger partial charge < -0.3 is 0 Å². The molecule has 1 fully saturated rings. The highest BCUT2D eigenvalue weighted by molar-refractivity contribution is 9.11. The van der Waals surface area contributed by atoms with Crippen LogP contribution in [0.4, 0.5) is 0 Å². The van der Waals surface area contributed by atoms with Crippen molar-refractivity contribution in [1.29, 1.82) is 0 Å². The Morgan fingerprint density at radius 1 is 1.33 bits per heavy atom. The van der Waals surface area contributed by atoms with Crippen LogP contribution >= 0.6 is 15.9 Å². The maximum absolute atomic E-state index is 3.38. The van der Waals surface area contributed by atoms with E-state index in [0.717, 1.165) is 5.92 Å². The first kappa shape index (κ1) is 10.3. The third-order valence-corrected chi connectivity index (χ3v) is 3.37. The Labute approximate surface area is 84.6 Å². The van der Waals surface area contributed by atoms with Crippen LogP contribution in [0.15, 0.2) is 10.6 Å². The summed E-state index contributed by atoms with van der Waals surface area (Å²) in [5.41, 5.74) is 1.61. The van der Waals surface area contributed by atoms with E-state index in [1.54, 1.807) is 5.57 Å². The molecule has 0 saturated heterocycles. The molecule has 0 N–H and O–H groups in total. The highest BCUT2D eigenvalue weighted by Gasteiger charge is 2.21. The number of unbranched alkanes of at least 4 members (excludes halogenated alkanes) is 3. The zero-order valence-electron chi connectivity index (χ0n) is 7.98. The first-order valence-corrected chi connectivity index (χ1v) is 6.06. The number of halogens is 1. The molecule has 1 aliphatic carbocycles. The fourth-order valence-corrected chi connectivity index (χ4v) is 2.21. The molecule has 0 heterocycles. The minimum absolute atomic E-state index is 1.02. The maximum atomic E-state index is 3.38. The summed E-state index contributed by atoms with van der Waals surface area (Å²) in [5.74, 6) is 1.02. The largest absolute Gasteiger partial charge is 0.0654 e. The van der Waals surface area contributed by atoms with E-state index in [1.165, 1.54) is 44.9 Å². The molecule has 0 spiro atoms. The molecule has 0 bridgehead atoms. The zero-order chi connectivity index (χ0) is 8.81. The van der Waals surface area contributed by atoms with E-state index in [2.05, 4.69) is 27.8 Å². The van der Waals surface area contributed by atoms with Crippen molar-refractivity contribution in [3.63, 3.8) is 0 Å². The lowest BCUT2D eigenvalue weighted by atomic mass is 9.78. The van der Waals surface area contributed by atoms with E-state index >= 15 is 0 Å². The second-order valence-corrected chi connectivity index (χ2v) is 4.35. The van der Waals surface area contributed by atoms with Crippen molar-refractivity contribution in [3.05, 3.63) is 10.6 Å². The van der Waals surface area contributed by atoms with Gasteiger partial charge in [0.25, 0.3) is 0 Å². The smallest absolute Gasteiger partial charge is 0.0197 e. The number of allylic oxidation sites excluding steroid dienone is 1. The van der Waals surface area contributed by atoms with Crippen molar-refractivity contribution >= 4 is 15.9 Å². The van der Waals surface area contributed by atoms with Gasteiger partial charge in [0.1, 0.15) is 0 Å². The molecule has 70 valence electrons. The molecule has 0 atom stereocenters. The first-order valence-electron chi connectivity index (χ1n) is 5.15. The summed E-state index contributed by atoms with van der Waals surface area (Å²) in [4.78, 5) is 2.11. The molecule has 0 unspecified atom stereocenters. The van der Waals surface area contributed by atoms with Crippen LogP contribution < -0.4 is 0 Å². The first-order chi connectivity index (χ1) is 5.86. The molecular weight excluding hydrogens is 212 g/mol. The molecule has 0 aromatic rings. The van der Waals surface area contributed by atoms with Crippen LogP contribution in [0, 0.1) is 5.92 Å². The van der Waals surface area contributed by atoms with Gasteiger partial charge in [0.05, 0.1) is 0 Å². The SMILES string of the molecule is CCCCCCC1CC(=CBr)C1. The van der Waals surface area contributed by atoms with Crippen molar-refractivity contribution in [2.75, 3.05) is 0 Å². The van der Waals surface area contributed by atoms with Gasteiger partial charge in [0, 0.05) is 0 Å². The third kappa shape index (κ3) is 3.30. The highest BCUT2D eigenvalue weighted by Crippen LogP contribution is 2.37. The van der Waals surface area contributed by atoms with E-state index in [-0.39, 0.29) is 0 Å². The Balaban J connectivity index is 1.90. The van der Waals surface area contributed by atoms with Crippen LogP contribution in [-0.2, 0) is 0 Å². The van der Waals surface area contributed by atoms with Gasteiger partial charge in [-0.3, -0.25) is 0 Å². The zero-order valence-corrected chi connectivity index (χ0v) is 9.57. The fourth-order valence-electron chi connectivity index (χ4n) is 1.83. The summed E-state index contributed by atoms with van der Waals surface area (Å²) in [6, 6.07) is 0. The Morgan fingerprint density at radius 3 is 2.67 bits per heavy atom. The van der Waals surface area contributed by atoms with Gasteiger partial charge in [-0.2, -0.15) is 0 Å². The highest BCUT2D eigenvalue weighted by atomic mass is 79.9. The third-order valence-electron chi connectivity index (χ3n) is 2.72. The van der Waals surface area contributed by atoms with Crippen LogP contribution in [0.2, 0.25) is 0 Å². The van der Waals surface area contributed by atoms with Gasteiger partial charge in [-0.25, -0.2) is 0 Å². The van der Waals surface area contributed by atoms with Crippen molar-refractivity contribution in [1.82, 2.24) is 0 Å². The molecular formula is C11H19Br. The average molecular weight is 231 g/mol. The molecule has 1 heteroatoms. The monoisotopic (exact) mass is 230 g/mol. The Hall–Kier alpha value is 0.220. The summed E-state index contributed by atoms with van der Waals surface area (Å²) >= 11 is 3.38. The Bertz CT molecular complexity index is 141. The maximum Gasteiger partial charge on any atom is -0.0197 e. The van der Waals surface area contributed by atoms with Crippen molar-refractivity contribution < 1.29 is 0 Å². The van der Waals surface area contributed by atoms with Gasteiger partial charge >= 0.3 is 0 Å². The number of hydrogen-bond donors (Lipinski definition) is 0. The summed E-state index contributed by atoms with van der Waals surface area (Å²) in [5, 5.41) is 0. The molecule has 12 heavy (non-hydrogen) atoms. The standard InChI is InChI=1S/C11H19Br/c1-2-3-4-5-6-10-7-11(8-10)9-12/h9-10H,2-8H2,1H3. The van der Waals surface area contributed by atoms with Gasteiger partial charge in [-0.05, 0) is 30.2 Å². The Kier molecular flexibility index (Phi) is 4.98. The van der Waals surface area contributed by atoms with Crippen molar-refractivity contribution in [2.24, 2.45) is 5.92 Å². The van der Waals surface area contributed by atoms with E-state index in [4.69, 9.17) is 0 Å².